The van der Waals surface area contributed by atoms with Crippen LogP contribution in [0.1, 0.15) is 5.56 Å². The molecule has 0 spiro atoms. The molecule has 0 saturated heterocycles. The van der Waals surface area contributed by atoms with Gasteiger partial charge in [0, 0.05) is 0 Å². The van der Waals surface area contributed by atoms with Crippen LogP contribution in [-0.2, 0) is 0 Å². The normalized spacial score (nSPS) is 11.1. The summed E-state index contributed by atoms with van der Waals surface area (Å²) in [5.74, 6) is 2.12. The molecule has 0 unspecified atom stereocenters. The smallest absolute Gasteiger partial charge is 0.172 e. The predicted molar refractivity (Wildman–Crippen MR) is 109 cm³/mol. The first-order valence-corrected chi connectivity index (χ1v) is 8.81. The van der Waals surface area contributed by atoms with Crippen molar-refractivity contribution in [2.24, 2.45) is 0 Å². The Labute approximate surface area is 158 Å². The van der Waals surface area contributed by atoms with Crippen molar-refractivity contribution in [3.05, 3.63) is 84.4 Å². The van der Waals surface area contributed by atoms with E-state index in [-0.39, 0.29) is 0 Å². The SMILES string of the molecule is COc1cccc(-c2nc3ccccc3[nH]2)c1OCC=Cc1ccccc1. The second kappa shape index (κ2) is 7.79. The third kappa shape index (κ3) is 3.70. The van der Waals surface area contributed by atoms with Gasteiger partial charge >= 0.3 is 0 Å². The van der Waals surface area contributed by atoms with E-state index in [4.69, 9.17) is 9.47 Å². The van der Waals surface area contributed by atoms with Gasteiger partial charge in [0.1, 0.15) is 12.4 Å². The Morgan fingerprint density at radius 2 is 1.74 bits per heavy atom. The van der Waals surface area contributed by atoms with Crippen LogP contribution >= 0.6 is 0 Å². The van der Waals surface area contributed by atoms with E-state index < -0.39 is 0 Å². The summed E-state index contributed by atoms with van der Waals surface area (Å²) < 4.78 is 11.6. The fourth-order valence-electron chi connectivity index (χ4n) is 2.97. The number of nitrogens with one attached hydrogen (secondary N) is 1. The van der Waals surface area contributed by atoms with Crippen molar-refractivity contribution >= 4 is 17.1 Å². The van der Waals surface area contributed by atoms with Crippen molar-refractivity contribution in [3.63, 3.8) is 0 Å². The van der Waals surface area contributed by atoms with Crippen molar-refractivity contribution in [2.45, 2.75) is 0 Å². The Balaban J connectivity index is 1.62. The monoisotopic (exact) mass is 356 g/mol. The molecule has 27 heavy (non-hydrogen) atoms. The van der Waals surface area contributed by atoms with Crippen molar-refractivity contribution in [3.8, 4) is 22.9 Å². The number of benzene rings is 3. The molecule has 4 aromatic rings. The van der Waals surface area contributed by atoms with Crippen LogP contribution in [0.2, 0.25) is 0 Å². The second-order valence-corrected chi connectivity index (χ2v) is 6.06. The summed E-state index contributed by atoms with van der Waals surface area (Å²) in [5, 5.41) is 0. The molecule has 0 fully saturated rings. The largest absolute Gasteiger partial charge is 0.493 e. The molecule has 1 aromatic heterocycles. The van der Waals surface area contributed by atoms with Crippen molar-refractivity contribution in [2.75, 3.05) is 13.7 Å². The molecule has 0 amide bonds. The third-order valence-corrected chi connectivity index (χ3v) is 4.28. The van der Waals surface area contributed by atoms with Gasteiger partial charge in [0.25, 0.3) is 0 Å². The number of aromatic amines is 1. The minimum Gasteiger partial charge on any atom is -0.493 e. The van der Waals surface area contributed by atoms with E-state index >= 15 is 0 Å². The number of H-pyrrole nitrogens is 1. The van der Waals surface area contributed by atoms with Gasteiger partial charge in [-0.05, 0) is 35.9 Å². The highest BCUT2D eigenvalue weighted by atomic mass is 16.5. The lowest BCUT2D eigenvalue weighted by Crippen LogP contribution is -1.99. The van der Waals surface area contributed by atoms with E-state index in [9.17, 15) is 0 Å². The van der Waals surface area contributed by atoms with Gasteiger partial charge in [-0.15, -0.1) is 0 Å². The zero-order valence-corrected chi connectivity index (χ0v) is 15.1. The fraction of sp³-hybridized carbons (Fsp3) is 0.0870. The number of nitrogens with zero attached hydrogens (tertiary/aromatic N) is 1. The van der Waals surface area contributed by atoms with Gasteiger partial charge in [0.2, 0.25) is 0 Å². The first-order chi connectivity index (χ1) is 13.3. The van der Waals surface area contributed by atoms with Gasteiger partial charge < -0.3 is 14.5 Å². The molecule has 0 radical (unpaired) electrons. The zero-order valence-electron chi connectivity index (χ0n) is 15.1. The summed E-state index contributed by atoms with van der Waals surface area (Å²) >= 11 is 0. The third-order valence-electron chi connectivity index (χ3n) is 4.28. The van der Waals surface area contributed by atoms with E-state index in [0.29, 0.717) is 18.1 Å². The molecular weight excluding hydrogens is 336 g/mol. The number of hydrogen-bond acceptors (Lipinski definition) is 3. The number of methoxy groups -OCH3 is 1. The lowest BCUT2D eigenvalue weighted by molar-refractivity contribution is 0.328. The summed E-state index contributed by atoms with van der Waals surface area (Å²) in [6, 6.07) is 23.9. The van der Waals surface area contributed by atoms with Gasteiger partial charge in [0.05, 0.1) is 23.7 Å². The summed E-state index contributed by atoms with van der Waals surface area (Å²) in [4.78, 5) is 8.04. The number of imidazole rings is 1. The minimum absolute atomic E-state index is 0.433. The molecule has 4 nitrogen and oxygen atoms in total. The summed E-state index contributed by atoms with van der Waals surface area (Å²) in [5.41, 5.74) is 3.92. The minimum atomic E-state index is 0.433. The molecule has 134 valence electrons. The van der Waals surface area contributed by atoms with Gasteiger partial charge in [-0.2, -0.15) is 0 Å². The molecule has 0 aliphatic rings. The average Bonchev–Trinajstić information content (AvgIpc) is 3.16. The summed E-state index contributed by atoms with van der Waals surface area (Å²) in [7, 11) is 1.64. The first kappa shape index (κ1) is 16.9. The van der Waals surface area contributed by atoms with E-state index in [0.717, 1.165) is 28.0 Å². The van der Waals surface area contributed by atoms with E-state index in [2.05, 4.69) is 22.1 Å². The van der Waals surface area contributed by atoms with E-state index in [1.165, 1.54) is 0 Å². The molecule has 3 aromatic carbocycles. The lowest BCUT2D eigenvalue weighted by Gasteiger charge is -2.12. The Morgan fingerprint density at radius 3 is 2.56 bits per heavy atom. The quantitative estimate of drug-likeness (QED) is 0.508. The van der Waals surface area contributed by atoms with Gasteiger partial charge in [0.15, 0.2) is 11.5 Å². The number of aromatic nitrogens is 2. The number of fused-ring (bicyclic) bond motifs is 1. The molecule has 4 heteroatoms. The lowest BCUT2D eigenvalue weighted by atomic mass is 10.1. The van der Waals surface area contributed by atoms with Crippen LogP contribution in [-0.4, -0.2) is 23.7 Å². The van der Waals surface area contributed by atoms with Crippen LogP contribution in [0.3, 0.4) is 0 Å². The van der Waals surface area contributed by atoms with Crippen LogP contribution in [0, 0.1) is 0 Å². The molecule has 0 bridgehead atoms. The van der Waals surface area contributed by atoms with E-state index in [1.807, 2.05) is 72.8 Å². The van der Waals surface area contributed by atoms with Crippen LogP contribution in [0.5, 0.6) is 11.5 Å². The Hall–Kier alpha value is -3.53. The maximum absolute atomic E-state index is 6.06. The van der Waals surface area contributed by atoms with Crippen LogP contribution < -0.4 is 9.47 Å². The maximum atomic E-state index is 6.06. The summed E-state index contributed by atoms with van der Waals surface area (Å²) in [6.45, 7) is 0.433. The standard InChI is InChI=1S/C23H20N2O2/c1-26-21-15-7-12-18(23-24-19-13-5-6-14-20(19)25-23)22(21)27-16-8-11-17-9-3-2-4-10-17/h2-15H,16H2,1H3,(H,24,25). The number of para-hydroxylation sites is 3. The fourth-order valence-corrected chi connectivity index (χ4v) is 2.97. The van der Waals surface area contributed by atoms with Crippen molar-refractivity contribution in [1.29, 1.82) is 0 Å². The van der Waals surface area contributed by atoms with Gasteiger partial charge in [-0.25, -0.2) is 4.98 Å². The number of ether oxygens (including phenoxy) is 2. The van der Waals surface area contributed by atoms with Gasteiger partial charge in [-0.1, -0.05) is 54.6 Å². The molecule has 0 atom stereocenters. The number of rotatable bonds is 6. The molecule has 1 N–H and O–H groups in total. The van der Waals surface area contributed by atoms with E-state index in [1.54, 1.807) is 7.11 Å². The topological polar surface area (TPSA) is 47.1 Å². The molecule has 0 aliphatic carbocycles. The van der Waals surface area contributed by atoms with Gasteiger partial charge in [-0.3, -0.25) is 0 Å². The van der Waals surface area contributed by atoms with Crippen molar-refractivity contribution in [1.82, 2.24) is 9.97 Å². The highest BCUT2D eigenvalue weighted by Crippen LogP contribution is 2.37. The Kier molecular flexibility index (Phi) is 4.88. The molecule has 0 saturated carbocycles. The zero-order chi connectivity index (χ0) is 18.5. The number of hydrogen-bond donors (Lipinski definition) is 1. The highest BCUT2D eigenvalue weighted by molar-refractivity contribution is 5.81. The molecule has 4 rings (SSSR count). The summed E-state index contributed by atoms with van der Waals surface area (Å²) in [6.07, 6.45) is 4.03. The molecule has 1 heterocycles. The van der Waals surface area contributed by atoms with Crippen LogP contribution in [0.25, 0.3) is 28.5 Å². The first-order valence-electron chi connectivity index (χ1n) is 8.81. The molecular formula is C23H20N2O2. The second-order valence-electron chi connectivity index (χ2n) is 6.06. The van der Waals surface area contributed by atoms with Crippen molar-refractivity contribution < 1.29 is 9.47 Å². The highest BCUT2D eigenvalue weighted by Gasteiger charge is 2.15. The predicted octanol–water partition coefficient (Wildman–Crippen LogP) is 5.33. The Morgan fingerprint density at radius 1 is 0.926 bits per heavy atom. The van der Waals surface area contributed by atoms with Crippen LogP contribution in [0.4, 0.5) is 0 Å². The molecule has 0 aliphatic heterocycles. The Bertz CT molecular complexity index is 1040. The van der Waals surface area contributed by atoms with Crippen LogP contribution in [0.15, 0.2) is 78.9 Å². The average molecular weight is 356 g/mol. The maximum Gasteiger partial charge on any atom is 0.172 e.